The number of nitro groups is 1. The molecule has 0 radical (unpaired) electrons. The van der Waals surface area contributed by atoms with Crippen LogP contribution in [0.1, 0.15) is 10.5 Å². The number of amides is 1. The molecule has 2 aromatic heterocycles. The van der Waals surface area contributed by atoms with E-state index in [1.807, 2.05) is 0 Å². The van der Waals surface area contributed by atoms with E-state index in [2.05, 4.69) is 10.3 Å². The molecule has 0 atom stereocenters. The number of carbonyl (C=O) groups excluding carboxylic acids is 1. The summed E-state index contributed by atoms with van der Waals surface area (Å²) in [6.45, 7) is 0. The van der Waals surface area contributed by atoms with E-state index in [0.29, 0.717) is 27.6 Å². The zero-order chi connectivity index (χ0) is 18.3. The average molecular weight is 349 g/mol. The number of anilines is 1. The van der Waals surface area contributed by atoms with Gasteiger partial charge in [0.25, 0.3) is 11.6 Å². The molecule has 8 heteroatoms. The van der Waals surface area contributed by atoms with Crippen LogP contribution in [-0.4, -0.2) is 15.8 Å². The first kappa shape index (κ1) is 15.6. The van der Waals surface area contributed by atoms with Crippen LogP contribution in [0.2, 0.25) is 0 Å². The van der Waals surface area contributed by atoms with E-state index >= 15 is 0 Å². The Balaban J connectivity index is 1.67. The van der Waals surface area contributed by atoms with Crippen LogP contribution in [0, 0.1) is 10.1 Å². The van der Waals surface area contributed by atoms with Crippen LogP contribution >= 0.6 is 0 Å². The lowest BCUT2D eigenvalue weighted by molar-refractivity contribution is -0.383. The summed E-state index contributed by atoms with van der Waals surface area (Å²) in [5, 5.41) is 15.0. The average Bonchev–Trinajstić information content (AvgIpc) is 3.06. The Hall–Kier alpha value is -3.94. The van der Waals surface area contributed by atoms with Crippen LogP contribution in [0.3, 0.4) is 0 Å². The fraction of sp³-hybridized carbons (Fsp3) is 0. The number of H-pyrrole nitrogens is 1. The molecule has 0 unspecified atom stereocenters. The molecule has 8 nitrogen and oxygen atoms in total. The van der Waals surface area contributed by atoms with Crippen LogP contribution in [0.5, 0.6) is 0 Å². The van der Waals surface area contributed by atoms with Crippen molar-refractivity contribution in [3.63, 3.8) is 0 Å². The number of nitrogens with one attached hydrogen (secondary N) is 2. The van der Waals surface area contributed by atoms with Gasteiger partial charge in [-0.3, -0.25) is 14.9 Å². The Kier molecular flexibility index (Phi) is 3.51. The largest absolute Gasteiger partial charge is 0.423 e. The Morgan fingerprint density at radius 2 is 1.92 bits per heavy atom. The smallest absolute Gasteiger partial charge is 0.336 e. The molecule has 0 saturated carbocycles. The van der Waals surface area contributed by atoms with Gasteiger partial charge in [-0.1, -0.05) is 12.1 Å². The van der Waals surface area contributed by atoms with Crippen molar-refractivity contribution in [1.82, 2.24) is 4.98 Å². The highest BCUT2D eigenvalue weighted by Gasteiger charge is 2.17. The number of para-hydroxylation sites is 1. The second-order valence-corrected chi connectivity index (χ2v) is 5.64. The molecule has 2 aromatic carbocycles. The summed E-state index contributed by atoms with van der Waals surface area (Å²) >= 11 is 0. The SMILES string of the molecule is O=C(Nc1ccc2oc(=O)ccc2c1)c1cc2cccc([N+](=O)[O-])c2[nH]1. The van der Waals surface area contributed by atoms with E-state index in [1.165, 1.54) is 12.1 Å². The van der Waals surface area contributed by atoms with Crippen molar-refractivity contribution in [2.24, 2.45) is 0 Å². The summed E-state index contributed by atoms with van der Waals surface area (Å²) in [5.74, 6) is -0.438. The van der Waals surface area contributed by atoms with E-state index in [0.717, 1.165) is 0 Å². The van der Waals surface area contributed by atoms with Gasteiger partial charge < -0.3 is 14.7 Å². The molecule has 0 fully saturated rings. The fourth-order valence-electron chi connectivity index (χ4n) is 2.76. The summed E-state index contributed by atoms with van der Waals surface area (Å²) in [7, 11) is 0. The van der Waals surface area contributed by atoms with Crippen molar-refractivity contribution in [2.75, 3.05) is 5.32 Å². The number of nitrogens with zero attached hydrogens (tertiary/aromatic N) is 1. The van der Waals surface area contributed by atoms with Gasteiger partial charge >= 0.3 is 5.63 Å². The molecule has 0 saturated heterocycles. The molecule has 2 N–H and O–H groups in total. The maximum atomic E-state index is 12.5. The molecule has 0 spiro atoms. The lowest BCUT2D eigenvalue weighted by atomic mass is 10.2. The first-order valence-electron chi connectivity index (χ1n) is 7.63. The molecule has 2 heterocycles. The molecule has 0 bridgehead atoms. The maximum absolute atomic E-state index is 12.5. The first-order chi connectivity index (χ1) is 12.5. The topological polar surface area (TPSA) is 118 Å². The van der Waals surface area contributed by atoms with Crippen molar-refractivity contribution in [2.45, 2.75) is 0 Å². The van der Waals surface area contributed by atoms with Crippen molar-refractivity contribution in [3.8, 4) is 0 Å². The maximum Gasteiger partial charge on any atom is 0.336 e. The van der Waals surface area contributed by atoms with Crippen molar-refractivity contribution in [3.05, 3.63) is 80.8 Å². The fourth-order valence-corrected chi connectivity index (χ4v) is 2.76. The van der Waals surface area contributed by atoms with Gasteiger partial charge in [0.1, 0.15) is 16.8 Å². The molecular formula is C18H11N3O5. The number of hydrogen-bond acceptors (Lipinski definition) is 5. The van der Waals surface area contributed by atoms with Gasteiger partial charge in [0.05, 0.1) is 4.92 Å². The van der Waals surface area contributed by atoms with Crippen LogP contribution in [0.4, 0.5) is 11.4 Å². The van der Waals surface area contributed by atoms with Crippen LogP contribution in [-0.2, 0) is 0 Å². The van der Waals surface area contributed by atoms with Crippen molar-refractivity contribution in [1.29, 1.82) is 0 Å². The van der Waals surface area contributed by atoms with Crippen molar-refractivity contribution < 1.29 is 14.1 Å². The van der Waals surface area contributed by atoms with E-state index < -0.39 is 16.5 Å². The van der Waals surface area contributed by atoms with Gasteiger partial charge in [-0.2, -0.15) is 0 Å². The van der Waals surface area contributed by atoms with Crippen LogP contribution in [0.15, 0.2) is 63.8 Å². The summed E-state index contributed by atoms with van der Waals surface area (Å²) in [6, 6.07) is 13.9. The number of rotatable bonds is 3. The van der Waals surface area contributed by atoms with Gasteiger partial charge in [0, 0.05) is 28.6 Å². The monoisotopic (exact) mass is 349 g/mol. The highest BCUT2D eigenvalue weighted by molar-refractivity contribution is 6.07. The van der Waals surface area contributed by atoms with Gasteiger partial charge in [-0.05, 0) is 30.3 Å². The molecule has 1 amide bonds. The number of non-ortho nitro benzene ring substituents is 1. The van der Waals surface area contributed by atoms with E-state index in [-0.39, 0.29) is 11.4 Å². The van der Waals surface area contributed by atoms with Gasteiger partial charge in [0.2, 0.25) is 0 Å². The summed E-state index contributed by atoms with van der Waals surface area (Å²) in [4.78, 5) is 37.1. The number of aromatic nitrogens is 1. The summed E-state index contributed by atoms with van der Waals surface area (Å²) < 4.78 is 5.04. The third-order valence-electron chi connectivity index (χ3n) is 3.95. The molecular weight excluding hydrogens is 338 g/mol. The molecule has 26 heavy (non-hydrogen) atoms. The summed E-state index contributed by atoms with van der Waals surface area (Å²) in [5.41, 5.74) is 0.870. The minimum absolute atomic E-state index is 0.0951. The van der Waals surface area contributed by atoms with Crippen molar-refractivity contribution >= 4 is 39.2 Å². The minimum Gasteiger partial charge on any atom is -0.423 e. The van der Waals surface area contributed by atoms with E-state index in [1.54, 1.807) is 42.5 Å². The molecule has 0 aliphatic carbocycles. The van der Waals surface area contributed by atoms with Crippen LogP contribution < -0.4 is 10.9 Å². The molecule has 4 aromatic rings. The van der Waals surface area contributed by atoms with Gasteiger partial charge in [-0.15, -0.1) is 0 Å². The molecule has 0 aliphatic rings. The first-order valence-corrected chi connectivity index (χ1v) is 7.63. The molecule has 128 valence electrons. The molecule has 4 rings (SSSR count). The normalized spacial score (nSPS) is 10.9. The number of benzene rings is 2. The summed E-state index contributed by atoms with van der Waals surface area (Å²) in [6.07, 6.45) is 0. The Labute approximate surface area is 145 Å². The predicted octanol–water partition coefficient (Wildman–Crippen LogP) is 3.43. The Morgan fingerprint density at radius 1 is 1.08 bits per heavy atom. The lowest BCUT2D eigenvalue weighted by Crippen LogP contribution is -2.12. The number of carbonyl (C=O) groups is 1. The second kappa shape index (κ2) is 5.85. The minimum atomic E-state index is -0.502. The van der Waals surface area contributed by atoms with Crippen LogP contribution in [0.25, 0.3) is 21.9 Å². The lowest BCUT2D eigenvalue weighted by Gasteiger charge is -2.04. The highest BCUT2D eigenvalue weighted by atomic mass is 16.6. The Morgan fingerprint density at radius 3 is 2.73 bits per heavy atom. The predicted molar refractivity (Wildman–Crippen MR) is 95.4 cm³/mol. The third kappa shape index (κ3) is 2.69. The van der Waals surface area contributed by atoms with E-state index in [9.17, 15) is 19.7 Å². The quantitative estimate of drug-likeness (QED) is 0.334. The number of fused-ring (bicyclic) bond motifs is 2. The van der Waals surface area contributed by atoms with Gasteiger partial charge in [0.15, 0.2) is 0 Å². The molecule has 0 aliphatic heterocycles. The number of aromatic amines is 1. The number of hydrogen-bond donors (Lipinski definition) is 2. The Bertz CT molecular complexity index is 1240. The second-order valence-electron chi connectivity index (χ2n) is 5.64. The van der Waals surface area contributed by atoms with Gasteiger partial charge in [-0.25, -0.2) is 4.79 Å². The number of nitro benzene ring substituents is 1. The highest BCUT2D eigenvalue weighted by Crippen LogP contribution is 2.26. The zero-order valence-electron chi connectivity index (χ0n) is 13.2. The zero-order valence-corrected chi connectivity index (χ0v) is 13.2. The van der Waals surface area contributed by atoms with E-state index in [4.69, 9.17) is 4.42 Å². The standard InChI is InChI=1S/C18H11N3O5/c22-16-7-4-10-8-12(5-6-15(10)26-16)19-18(23)13-9-11-2-1-3-14(21(24)25)17(11)20-13/h1-9,20H,(H,19,23). The third-order valence-corrected chi connectivity index (χ3v) is 3.95.